The minimum Gasteiger partial charge on any atom is -0.444 e. The maximum Gasteiger partial charge on any atom is 0.410 e. The predicted molar refractivity (Wildman–Crippen MR) is 90.9 cm³/mol. The number of nitrogens with one attached hydrogen (secondary N) is 1. The Bertz CT molecular complexity index is 442. The largest absolute Gasteiger partial charge is 0.444 e. The van der Waals surface area contributed by atoms with E-state index < -0.39 is 5.60 Å². The van der Waals surface area contributed by atoms with Crippen LogP contribution in [0.5, 0.6) is 0 Å². The third-order valence-corrected chi connectivity index (χ3v) is 5.49. The normalized spacial score (nSPS) is 31.6. The van der Waals surface area contributed by atoms with Crippen LogP contribution in [0.4, 0.5) is 4.79 Å². The van der Waals surface area contributed by atoms with Gasteiger partial charge in [-0.05, 0) is 45.4 Å². The Balaban J connectivity index is 1.44. The number of rotatable bonds is 2. The van der Waals surface area contributed by atoms with Gasteiger partial charge < -0.3 is 15.0 Å². The SMILES string of the molecule is CC(C)(C)OC(=O)N1C[C@@H]2C(C(=S)NC3CCCCC3)[C@@H]2C1. The standard InChI is InChI=1S/C17H28N2O2S/c1-17(2,3)21-16(20)19-9-12-13(10-19)14(12)15(22)18-11-7-5-4-6-8-11/h11-14H,4-10H2,1-3H3,(H,18,22)/t12-,13+,14?. The second-order valence-electron chi connectivity index (χ2n) is 8.08. The van der Waals surface area contributed by atoms with Crippen molar-refractivity contribution >= 4 is 23.3 Å². The second kappa shape index (κ2) is 5.99. The Morgan fingerprint density at radius 2 is 1.73 bits per heavy atom. The molecule has 4 nitrogen and oxygen atoms in total. The summed E-state index contributed by atoms with van der Waals surface area (Å²) >= 11 is 5.62. The number of hydrogen-bond acceptors (Lipinski definition) is 3. The summed E-state index contributed by atoms with van der Waals surface area (Å²) in [5.74, 6) is 1.60. The average molecular weight is 324 g/mol. The highest BCUT2D eigenvalue weighted by Gasteiger charge is 2.59. The van der Waals surface area contributed by atoms with Crippen molar-refractivity contribution < 1.29 is 9.53 Å². The third kappa shape index (κ3) is 3.55. The van der Waals surface area contributed by atoms with E-state index in [1.807, 2.05) is 25.7 Å². The lowest BCUT2D eigenvalue weighted by atomic mass is 9.95. The van der Waals surface area contributed by atoms with Gasteiger partial charge in [0.15, 0.2) is 0 Å². The van der Waals surface area contributed by atoms with Crippen LogP contribution in [0.2, 0.25) is 0 Å². The van der Waals surface area contributed by atoms with Gasteiger partial charge in [0.25, 0.3) is 0 Å². The molecular weight excluding hydrogens is 296 g/mol. The van der Waals surface area contributed by atoms with E-state index in [-0.39, 0.29) is 6.09 Å². The Labute approximate surface area is 139 Å². The number of ether oxygens (including phenoxy) is 1. The molecule has 3 rings (SSSR count). The highest BCUT2D eigenvalue weighted by Crippen LogP contribution is 2.52. The van der Waals surface area contributed by atoms with Crippen LogP contribution >= 0.6 is 12.2 Å². The van der Waals surface area contributed by atoms with E-state index in [1.165, 1.54) is 32.1 Å². The summed E-state index contributed by atoms with van der Waals surface area (Å²) < 4.78 is 5.45. The number of amides is 1. The van der Waals surface area contributed by atoms with Gasteiger partial charge >= 0.3 is 6.09 Å². The van der Waals surface area contributed by atoms with E-state index in [9.17, 15) is 4.79 Å². The number of hydrogen-bond donors (Lipinski definition) is 1. The number of likely N-dealkylation sites (tertiary alicyclic amines) is 1. The Morgan fingerprint density at radius 3 is 2.27 bits per heavy atom. The van der Waals surface area contributed by atoms with Crippen molar-refractivity contribution in [2.24, 2.45) is 17.8 Å². The zero-order chi connectivity index (χ0) is 15.9. The van der Waals surface area contributed by atoms with Crippen molar-refractivity contribution in [1.29, 1.82) is 0 Å². The number of fused-ring (bicyclic) bond motifs is 1. The number of piperidine rings is 1. The van der Waals surface area contributed by atoms with Crippen molar-refractivity contribution in [1.82, 2.24) is 10.2 Å². The smallest absolute Gasteiger partial charge is 0.410 e. The Kier molecular flexibility index (Phi) is 4.36. The number of carbonyl (C=O) groups is 1. The van der Waals surface area contributed by atoms with Gasteiger partial charge in [-0.15, -0.1) is 0 Å². The highest BCUT2D eigenvalue weighted by atomic mass is 32.1. The van der Waals surface area contributed by atoms with E-state index >= 15 is 0 Å². The summed E-state index contributed by atoms with van der Waals surface area (Å²) in [6, 6.07) is 0.588. The molecule has 1 aliphatic heterocycles. The van der Waals surface area contributed by atoms with Crippen molar-refractivity contribution in [3.8, 4) is 0 Å². The van der Waals surface area contributed by atoms with Crippen LogP contribution in [0.1, 0.15) is 52.9 Å². The molecule has 0 radical (unpaired) electrons. The lowest BCUT2D eigenvalue weighted by Gasteiger charge is -2.27. The molecule has 22 heavy (non-hydrogen) atoms. The number of thiocarbonyl (C=S) groups is 1. The molecule has 1 N–H and O–H groups in total. The second-order valence-corrected chi connectivity index (χ2v) is 8.52. The molecule has 2 saturated carbocycles. The lowest BCUT2D eigenvalue weighted by molar-refractivity contribution is 0.0270. The zero-order valence-electron chi connectivity index (χ0n) is 13.9. The van der Waals surface area contributed by atoms with Gasteiger partial charge in [0, 0.05) is 25.0 Å². The van der Waals surface area contributed by atoms with Crippen molar-refractivity contribution in [3.63, 3.8) is 0 Å². The first kappa shape index (κ1) is 16.0. The Hall–Kier alpha value is -0.840. The molecule has 5 heteroatoms. The van der Waals surface area contributed by atoms with Crippen LogP contribution in [-0.4, -0.2) is 40.7 Å². The summed E-state index contributed by atoms with van der Waals surface area (Å²) in [7, 11) is 0. The lowest BCUT2D eigenvalue weighted by Crippen LogP contribution is -2.40. The summed E-state index contributed by atoms with van der Waals surface area (Å²) in [5.41, 5.74) is -0.416. The minimum atomic E-state index is -0.416. The minimum absolute atomic E-state index is 0.176. The molecule has 1 amide bonds. The van der Waals surface area contributed by atoms with Gasteiger partial charge in [0.2, 0.25) is 0 Å². The number of carbonyl (C=O) groups excluding carboxylic acids is 1. The molecule has 0 aromatic carbocycles. The fraction of sp³-hybridized carbons (Fsp3) is 0.882. The van der Waals surface area contributed by atoms with E-state index in [0.29, 0.717) is 23.8 Å². The van der Waals surface area contributed by atoms with E-state index in [0.717, 1.165) is 18.1 Å². The van der Waals surface area contributed by atoms with Crippen LogP contribution in [0.3, 0.4) is 0 Å². The fourth-order valence-electron chi connectivity index (χ4n) is 3.94. The highest BCUT2D eigenvalue weighted by molar-refractivity contribution is 7.80. The van der Waals surface area contributed by atoms with Gasteiger partial charge in [-0.3, -0.25) is 0 Å². The summed E-state index contributed by atoms with van der Waals surface area (Å²) in [5, 5.41) is 3.59. The van der Waals surface area contributed by atoms with Gasteiger partial charge in [-0.2, -0.15) is 0 Å². The van der Waals surface area contributed by atoms with Crippen LogP contribution < -0.4 is 5.32 Å². The van der Waals surface area contributed by atoms with Gasteiger partial charge in [-0.1, -0.05) is 31.5 Å². The van der Waals surface area contributed by atoms with E-state index in [4.69, 9.17) is 17.0 Å². The quantitative estimate of drug-likeness (QED) is 0.791. The molecule has 3 aliphatic rings. The van der Waals surface area contributed by atoms with Crippen LogP contribution in [0, 0.1) is 17.8 Å². The first-order chi connectivity index (χ1) is 10.3. The van der Waals surface area contributed by atoms with Crippen LogP contribution in [-0.2, 0) is 4.74 Å². The summed E-state index contributed by atoms with van der Waals surface area (Å²) in [6.45, 7) is 7.34. The molecule has 2 aliphatic carbocycles. The molecule has 1 saturated heterocycles. The maximum absolute atomic E-state index is 12.1. The molecular formula is C17H28N2O2S. The first-order valence-electron chi connectivity index (χ1n) is 8.63. The molecule has 3 fully saturated rings. The summed E-state index contributed by atoms with van der Waals surface area (Å²) in [4.78, 5) is 15.0. The predicted octanol–water partition coefficient (Wildman–Crippen LogP) is 3.35. The van der Waals surface area contributed by atoms with Gasteiger partial charge in [0.1, 0.15) is 5.60 Å². The third-order valence-electron chi connectivity index (χ3n) is 5.10. The first-order valence-corrected chi connectivity index (χ1v) is 9.04. The topological polar surface area (TPSA) is 41.6 Å². The Morgan fingerprint density at radius 1 is 1.14 bits per heavy atom. The monoisotopic (exact) mass is 324 g/mol. The van der Waals surface area contributed by atoms with E-state index in [2.05, 4.69) is 5.32 Å². The molecule has 0 aromatic rings. The molecule has 124 valence electrons. The van der Waals surface area contributed by atoms with Crippen LogP contribution in [0.25, 0.3) is 0 Å². The van der Waals surface area contributed by atoms with E-state index in [1.54, 1.807) is 0 Å². The van der Waals surface area contributed by atoms with Crippen molar-refractivity contribution in [2.75, 3.05) is 13.1 Å². The molecule has 0 bridgehead atoms. The van der Waals surface area contributed by atoms with Crippen molar-refractivity contribution in [3.05, 3.63) is 0 Å². The summed E-state index contributed by atoms with van der Waals surface area (Å²) in [6.07, 6.45) is 6.35. The van der Waals surface area contributed by atoms with Gasteiger partial charge in [-0.25, -0.2) is 4.79 Å². The molecule has 0 aromatic heterocycles. The molecule has 1 heterocycles. The molecule has 3 atom stereocenters. The fourth-order valence-corrected chi connectivity index (χ4v) is 4.45. The maximum atomic E-state index is 12.1. The molecule has 0 spiro atoms. The zero-order valence-corrected chi connectivity index (χ0v) is 14.7. The molecule has 1 unspecified atom stereocenters. The average Bonchev–Trinajstić information content (AvgIpc) is 2.93. The van der Waals surface area contributed by atoms with Gasteiger partial charge in [0.05, 0.1) is 4.99 Å². The van der Waals surface area contributed by atoms with Crippen molar-refractivity contribution in [2.45, 2.75) is 64.5 Å². The van der Waals surface area contributed by atoms with Crippen LogP contribution in [0.15, 0.2) is 0 Å². The number of nitrogens with zero attached hydrogens (tertiary/aromatic N) is 1.